The molecule has 3 nitrogen and oxygen atoms in total. The first-order chi connectivity index (χ1) is 10.0. The Morgan fingerprint density at radius 1 is 1.29 bits per heavy atom. The third-order valence-electron chi connectivity index (χ3n) is 3.30. The fraction of sp³-hybridized carbons (Fsp3) is 0.133. The molecule has 108 valence electrons. The number of aromatic nitrogens is 2. The molecule has 0 saturated heterocycles. The average Bonchev–Trinajstić information content (AvgIpc) is 2.74. The van der Waals surface area contributed by atoms with Gasteiger partial charge in [-0.25, -0.2) is 4.39 Å². The molecule has 2 aromatic carbocycles. The van der Waals surface area contributed by atoms with E-state index in [9.17, 15) is 4.39 Å². The Kier molecular flexibility index (Phi) is 3.47. The van der Waals surface area contributed by atoms with Gasteiger partial charge in [0.1, 0.15) is 11.6 Å². The largest absolute Gasteiger partial charge is 0.495 e. The first-order valence-electron chi connectivity index (χ1n) is 6.26. The second kappa shape index (κ2) is 5.16. The van der Waals surface area contributed by atoms with Crippen molar-refractivity contribution in [1.29, 1.82) is 0 Å². The molecule has 0 unspecified atom stereocenters. The van der Waals surface area contributed by atoms with Crippen molar-refractivity contribution in [2.45, 2.75) is 6.92 Å². The van der Waals surface area contributed by atoms with Crippen molar-refractivity contribution in [3.63, 3.8) is 0 Å². The van der Waals surface area contributed by atoms with E-state index in [0.717, 1.165) is 11.3 Å². The zero-order valence-electron chi connectivity index (χ0n) is 11.4. The number of halogens is 2. The highest BCUT2D eigenvalue weighted by Crippen LogP contribution is 2.30. The minimum atomic E-state index is -0.487. The monoisotopic (exact) mass is 322 g/mol. The summed E-state index contributed by atoms with van der Waals surface area (Å²) >= 11 is 11.2. The summed E-state index contributed by atoms with van der Waals surface area (Å²) in [5.41, 5.74) is 3.10. The van der Waals surface area contributed by atoms with Crippen LogP contribution in [0.25, 0.3) is 16.7 Å². The lowest BCUT2D eigenvalue weighted by molar-refractivity contribution is 0.413. The van der Waals surface area contributed by atoms with E-state index in [1.807, 2.05) is 25.1 Å². The molecule has 0 bridgehead atoms. The number of nitrogens with one attached hydrogen (secondary N) is 1. The third-order valence-corrected chi connectivity index (χ3v) is 3.87. The summed E-state index contributed by atoms with van der Waals surface area (Å²) in [4.78, 5) is 3.04. The smallest absolute Gasteiger partial charge is 0.182 e. The molecule has 3 aromatic rings. The summed E-state index contributed by atoms with van der Waals surface area (Å²) in [7, 11) is 1.59. The van der Waals surface area contributed by atoms with E-state index in [2.05, 4.69) is 4.98 Å². The number of imidazole rings is 1. The van der Waals surface area contributed by atoms with Gasteiger partial charge >= 0.3 is 0 Å². The van der Waals surface area contributed by atoms with Crippen LogP contribution < -0.4 is 4.74 Å². The van der Waals surface area contributed by atoms with Gasteiger partial charge in [-0.2, -0.15) is 0 Å². The van der Waals surface area contributed by atoms with Gasteiger partial charge in [-0.3, -0.25) is 4.57 Å². The minimum absolute atomic E-state index is 0.0575. The molecular weight excluding hydrogens is 311 g/mol. The molecule has 1 aromatic heterocycles. The first-order valence-corrected chi connectivity index (χ1v) is 7.04. The molecule has 0 aliphatic heterocycles. The predicted octanol–water partition coefficient (Wildman–Crippen LogP) is 4.80. The molecule has 1 N–H and O–H groups in total. The standard InChI is InChI=1S/C15H12ClFN2OS/c1-8-3-4-14(20-2)13(5-8)19-12-7-10(17)9(16)6-11(12)18-15(19)21/h3-7H,1-2H3,(H,18,21). The van der Waals surface area contributed by atoms with Crippen LogP contribution in [0.1, 0.15) is 5.56 Å². The van der Waals surface area contributed by atoms with Crippen molar-refractivity contribution in [2.75, 3.05) is 7.11 Å². The highest BCUT2D eigenvalue weighted by molar-refractivity contribution is 7.71. The van der Waals surface area contributed by atoms with Gasteiger partial charge in [0.2, 0.25) is 0 Å². The zero-order chi connectivity index (χ0) is 15.1. The molecule has 0 amide bonds. The molecule has 21 heavy (non-hydrogen) atoms. The number of aromatic amines is 1. The second-order valence-corrected chi connectivity index (χ2v) is 5.52. The first kappa shape index (κ1) is 14.1. The Bertz CT molecular complexity index is 901. The maximum Gasteiger partial charge on any atom is 0.182 e. The molecule has 0 aliphatic carbocycles. The predicted molar refractivity (Wildman–Crippen MR) is 84.7 cm³/mol. The van der Waals surface area contributed by atoms with Crippen LogP contribution in [0.3, 0.4) is 0 Å². The maximum atomic E-state index is 13.8. The lowest BCUT2D eigenvalue weighted by Gasteiger charge is -2.11. The Morgan fingerprint density at radius 3 is 2.76 bits per heavy atom. The lowest BCUT2D eigenvalue weighted by Crippen LogP contribution is -1.99. The number of methoxy groups -OCH3 is 1. The molecule has 0 spiro atoms. The van der Waals surface area contributed by atoms with Gasteiger partial charge in [0.15, 0.2) is 4.77 Å². The topological polar surface area (TPSA) is 29.9 Å². The van der Waals surface area contributed by atoms with E-state index in [4.69, 9.17) is 28.6 Å². The second-order valence-electron chi connectivity index (χ2n) is 4.72. The van der Waals surface area contributed by atoms with Crippen LogP contribution in [-0.4, -0.2) is 16.7 Å². The zero-order valence-corrected chi connectivity index (χ0v) is 13.0. The molecule has 0 atom stereocenters. The van der Waals surface area contributed by atoms with Crippen molar-refractivity contribution >= 4 is 34.9 Å². The molecule has 0 radical (unpaired) electrons. The van der Waals surface area contributed by atoms with Gasteiger partial charge in [-0.15, -0.1) is 0 Å². The van der Waals surface area contributed by atoms with Crippen molar-refractivity contribution in [2.24, 2.45) is 0 Å². The van der Waals surface area contributed by atoms with Gasteiger partial charge in [0.05, 0.1) is 28.9 Å². The van der Waals surface area contributed by atoms with Crippen LogP contribution in [-0.2, 0) is 0 Å². The number of fused-ring (bicyclic) bond motifs is 1. The normalized spacial score (nSPS) is 11.0. The summed E-state index contributed by atoms with van der Waals surface area (Å²) in [6.45, 7) is 1.97. The maximum absolute atomic E-state index is 13.8. The van der Waals surface area contributed by atoms with Crippen molar-refractivity contribution < 1.29 is 9.13 Å². The summed E-state index contributed by atoms with van der Waals surface area (Å²) in [5.74, 6) is 0.173. The molecule has 0 fully saturated rings. The van der Waals surface area contributed by atoms with E-state index in [0.29, 0.717) is 21.6 Å². The van der Waals surface area contributed by atoms with E-state index < -0.39 is 5.82 Å². The summed E-state index contributed by atoms with van der Waals surface area (Å²) in [6.07, 6.45) is 0. The Labute approximate surface area is 130 Å². The highest BCUT2D eigenvalue weighted by Gasteiger charge is 2.13. The minimum Gasteiger partial charge on any atom is -0.495 e. The van der Waals surface area contributed by atoms with E-state index in [1.165, 1.54) is 12.1 Å². The number of ether oxygens (including phenoxy) is 1. The van der Waals surface area contributed by atoms with Crippen molar-refractivity contribution in [3.05, 3.63) is 51.5 Å². The van der Waals surface area contributed by atoms with Crippen molar-refractivity contribution in [1.82, 2.24) is 9.55 Å². The van der Waals surface area contributed by atoms with Crippen LogP contribution in [0.4, 0.5) is 4.39 Å². The van der Waals surface area contributed by atoms with Crippen molar-refractivity contribution in [3.8, 4) is 11.4 Å². The van der Waals surface area contributed by atoms with Crippen LogP contribution >= 0.6 is 23.8 Å². The quantitative estimate of drug-likeness (QED) is 0.687. The fourth-order valence-corrected chi connectivity index (χ4v) is 2.79. The van der Waals surface area contributed by atoms with Crippen LogP contribution in [0.5, 0.6) is 5.75 Å². The summed E-state index contributed by atoms with van der Waals surface area (Å²) in [5, 5.41) is 0.0575. The number of nitrogens with zero attached hydrogens (tertiary/aromatic N) is 1. The number of hydrogen-bond acceptors (Lipinski definition) is 2. The van der Waals surface area contributed by atoms with Gasteiger partial charge in [-0.05, 0) is 42.9 Å². The van der Waals surface area contributed by atoms with Crippen LogP contribution in [0, 0.1) is 17.5 Å². The van der Waals surface area contributed by atoms with Gasteiger partial charge in [0, 0.05) is 6.07 Å². The Hall–Kier alpha value is -1.85. The SMILES string of the molecule is COc1ccc(C)cc1-n1c(=S)[nH]c2cc(Cl)c(F)cc21. The number of H-pyrrole nitrogens is 1. The third kappa shape index (κ3) is 2.32. The molecule has 3 rings (SSSR count). The summed E-state index contributed by atoms with van der Waals surface area (Å²) in [6, 6.07) is 8.64. The number of rotatable bonds is 2. The number of hydrogen-bond donors (Lipinski definition) is 1. The molecule has 6 heteroatoms. The van der Waals surface area contributed by atoms with E-state index in [1.54, 1.807) is 11.7 Å². The fourth-order valence-electron chi connectivity index (χ4n) is 2.32. The van der Waals surface area contributed by atoms with E-state index in [-0.39, 0.29) is 5.02 Å². The number of benzene rings is 2. The highest BCUT2D eigenvalue weighted by atomic mass is 35.5. The van der Waals surface area contributed by atoms with Crippen LogP contribution in [0.15, 0.2) is 30.3 Å². The molecule has 0 aliphatic rings. The lowest BCUT2D eigenvalue weighted by atomic mass is 10.2. The number of aryl methyl sites for hydroxylation is 1. The summed E-state index contributed by atoms with van der Waals surface area (Å²) < 4.78 is 21.4. The van der Waals surface area contributed by atoms with Gasteiger partial charge in [0.25, 0.3) is 0 Å². The van der Waals surface area contributed by atoms with Gasteiger partial charge in [-0.1, -0.05) is 17.7 Å². The van der Waals surface area contributed by atoms with E-state index >= 15 is 0 Å². The Balaban J connectivity index is 2.40. The molecule has 0 saturated carbocycles. The Morgan fingerprint density at radius 2 is 2.05 bits per heavy atom. The molecular formula is C15H12ClFN2OS. The molecule has 1 heterocycles. The average molecular weight is 323 g/mol. The van der Waals surface area contributed by atoms with Gasteiger partial charge < -0.3 is 9.72 Å². The van der Waals surface area contributed by atoms with Crippen LogP contribution in [0.2, 0.25) is 5.02 Å².